The van der Waals surface area contributed by atoms with Gasteiger partial charge in [0, 0.05) is 4.47 Å². The van der Waals surface area contributed by atoms with E-state index < -0.39 is 0 Å². The molecule has 0 spiro atoms. The molecular weight excluding hydrogens is 207 g/mol. The Kier molecular flexibility index (Phi) is 2.66. The van der Waals surface area contributed by atoms with Crippen LogP contribution in [-0.2, 0) is 6.42 Å². The Labute approximate surface area is 74.6 Å². The summed E-state index contributed by atoms with van der Waals surface area (Å²) in [6.07, 6.45) is 0.865. The summed E-state index contributed by atoms with van der Waals surface area (Å²) in [5, 5.41) is 0. The minimum Gasteiger partial charge on any atom is -0.207 e. The fourth-order valence-electron chi connectivity index (χ4n) is 1.13. The molecule has 0 aromatic heterocycles. The van der Waals surface area contributed by atoms with Crippen molar-refractivity contribution in [1.82, 2.24) is 0 Å². The van der Waals surface area contributed by atoms with Crippen LogP contribution in [0.1, 0.15) is 18.1 Å². The number of rotatable bonds is 1. The van der Waals surface area contributed by atoms with Gasteiger partial charge in [-0.1, -0.05) is 22.9 Å². The Morgan fingerprint density at radius 2 is 2.09 bits per heavy atom. The molecule has 11 heavy (non-hydrogen) atoms. The van der Waals surface area contributed by atoms with Gasteiger partial charge < -0.3 is 0 Å². The summed E-state index contributed by atoms with van der Waals surface area (Å²) >= 11 is 3.37. The van der Waals surface area contributed by atoms with Crippen molar-refractivity contribution in [1.29, 1.82) is 0 Å². The summed E-state index contributed by atoms with van der Waals surface area (Å²) in [6, 6.07) is 3.24. The van der Waals surface area contributed by atoms with Crippen molar-refractivity contribution in [2.75, 3.05) is 0 Å². The maximum absolute atomic E-state index is 12.9. The second kappa shape index (κ2) is 3.35. The summed E-state index contributed by atoms with van der Waals surface area (Å²) in [4.78, 5) is 0. The molecule has 0 aliphatic carbocycles. The van der Waals surface area contributed by atoms with E-state index in [4.69, 9.17) is 0 Å². The summed E-state index contributed by atoms with van der Waals surface area (Å²) < 4.78 is 13.9. The van der Waals surface area contributed by atoms with E-state index in [1.165, 1.54) is 6.07 Å². The van der Waals surface area contributed by atoms with Crippen molar-refractivity contribution in [2.24, 2.45) is 0 Å². The van der Waals surface area contributed by atoms with E-state index in [2.05, 4.69) is 15.9 Å². The summed E-state index contributed by atoms with van der Waals surface area (Å²) in [6.45, 7) is 3.82. The second-order valence-electron chi connectivity index (χ2n) is 2.49. The number of hydrogen-bond acceptors (Lipinski definition) is 0. The van der Waals surface area contributed by atoms with Crippen molar-refractivity contribution >= 4 is 15.9 Å². The molecule has 0 amide bonds. The highest BCUT2D eigenvalue weighted by Crippen LogP contribution is 2.22. The molecule has 0 aliphatic heterocycles. The van der Waals surface area contributed by atoms with Gasteiger partial charge in [0.25, 0.3) is 0 Å². The fraction of sp³-hybridized carbons (Fsp3) is 0.333. The zero-order chi connectivity index (χ0) is 8.43. The van der Waals surface area contributed by atoms with E-state index in [0.29, 0.717) is 0 Å². The maximum Gasteiger partial charge on any atom is 0.126 e. The predicted molar refractivity (Wildman–Crippen MR) is 48.2 cm³/mol. The third-order valence-electron chi connectivity index (χ3n) is 1.83. The Hall–Kier alpha value is -0.370. The zero-order valence-electron chi connectivity index (χ0n) is 6.62. The summed E-state index contributed by atoms with van der Waals surface area (Å²) in [5.41, 5.74) is 1.81. The Morgan fingerprint density at radius 1 is 1.45 bits per heavy atom. The molecule has 0 radical (unpaired) electrons. The highest BCUT2D eigenvalue weighted by atomic mass is 79.9. The molecule has 0 saturated heterocycles. The molecule has 0 fully saturated rings. The predicted octanol–water partition coefficient (Wildman–Crippen LogP) is 3.46. The average molecular weight is 217 g/mol. The van der Waals surface area contributed by atoms with E-state index in [-0.39, 0.29) is 5.82 Å². The summed E-state index contributed by atoms with van der Waals surface area (Å²) in [7, 11) is 0. The minimum absolute atomic E-state index is 0.120. The molecule has 0 atom stereocenters. The largest absolute Gasteiger partial charge is 0.207 e. The van der Waals surface area contributed by atoms with Crippen molar-refractivity contribution in [2.45, 2.75) is 20.3 Å². The smallest absolute Gasteiger partial charge is 0.126 e. The quantitative estimate of drug-likeness (QED) is 0.675. The topological polar surface area (TPSA) is 0 Å². The molecule has 0 heterocycles. The normalized spacial score (nSPS) is 10.2. The molecule has 1 rings (SSSR count). The first kappa shape index (κ1) is 8.72. The monoisotopic (exact) mass is 216 g/mol. The van der Waals surface area contributed by atoms with E-state index >= 15 is 0 Å². The standard InChI is InChI=1S/C9H10BrF/c1-3-7-6(2)9(11)5-4-8(7)10/h4-5H,3H2,1-2H3. The molecule has 0 aliphatic rings. The first-order valence-corrected chi connectivity index (χ1v) is 4.39. The van der Waals surface area contributed by atoms with E-state index in [0.717, 1.165) is 22.0 Å². The maximum atomic E-state index is 12.9. The van der Waals surface area contributed by atoms with Crippen LogP contribution in [0, 0.1) is 12.7 Å². The van der Waals surface area contributed by atoms with Gasteiger partial charge >= 0.3 is 0 Å². The minimum atomic E-state index is -0.120. The molecule has 0 saturated carbocycles. The third-order valence-corrected chi connectivity index (χ3v) is 2.57. The van der Waals surface area contributed by atoms with Crippen LogP contribution in [0.5, 0.6) is 0 Å². The third kappa shape index (κ3) is 1.62. The van der Waals surface area contributed by atoms with Crippen molar-refractivity contribution in [3.05, 3.63) is 33.5 Å². The van der Waals surface area contributed by atoms with Crippen LogP contribution in [0.4, 0.5) is 4.39 Å². The first-order chi connectivity index (χ1) is 5.16. The second-order valence-corrected chi connectivity index (χ2v) is 3.34. The van der Waals surface area contributed by atoms with Crippen molar-refractivity contribution in [3.8, 4) is 0 Å². The lowest BCUT2D eigenvalue weighted by atomic mass is 10.1. The number of benzene rings is 1. The van der Waals surface area contributed by atoms with E-state index in [9.17, 15) is 4.39 Å². The SMILES string of the molecule is CCc1c(Br)ccc(F)c1C. The van der Waals surface area contributed by atoms with Gasteiger partial charge in [-0.3, -0.25) is 0 Å². The average Bonchev–Trinajstić information content (AvgIpc) is 1.99. The molecule has 60 valence electrons. The lowest BCUT2D eigenvalue weighted by Crippen LogP contribution is -1.91. The van der Waals surface area contributed by atoms with E-state index in [1.54, 1.807) is 13.0 Å². The molecule has 0 bridgehead atoms. The van der Waals surface area contributed by atoms with Gasteiger partial charge in [-0.05, 0) is 36.6 Å². The first-order valence-electron chi connectivity index (χ1n) is 3.60. The van der Waals surface area contributed by atoms with Crippen LogP contribution in [0.3, 0.4) is 0 Å². The number of hydrogen-bond donors (Lipinski definition) is 0. The van der Waals surface area contributed by atoms with Gasteiger partial charge in [0.2, 0.25) is 0 Å². The van der Waals surface area contributed by atoms with Gasteiger partial charge in [0.15, 0.2) is 0 Å². The molecule has 1 aromatic carbocycles. The summed E-state index contributed by atoms with van der Waals surface area (Å²) in [5.74, 6) is -0.120. The van der Waals surface area contributed by atoms with Crippen LogP contribution in [0.2, 0.25) is 0 Å². The highest BCUT2D eigenvalue weighted by molar-refractivity contribution is 9.10. The fourth-order valence-corrected chi connectivity index (χ4v) is 1.84. The molecule has 0 unspecified atom stereocenters. The molecule has 0 N–H and O–H groups in total. The van der Waals surface area contributed by atoms with Gasteiger partial charge in [-0.25, -0.2) is 4.39 Å². The van der Waals surface area contributed by atoms with Crippen molar-refractivity contribution in [3.63, 3.8) is 0 Å². The Morgan fingerprint density at radius 3 is 2.55 bits per heavy atom. The van der Waals surface area contributed by atoms with Crippen LogP contribution >= 0.6 is 15.9 Å². The lowest BCUT2D eigenvalue weighted by molar-refractivity contribution is 0.615. The molecule has 1 aromatic rings. The van der Waals surface area contributed by atoms with Gasteiger partial charge in [-0.15, -0.1) is 0 Å². The molecule has 2 heteroatoms. The van der Waals surface area contributed by atoms with Gasteiger partial charge in [0.05, 0.1) is 0 Å². The van der Waals surface area contributed by atoms with Crippen LogP contribution in [-0.4, -0.2) is 0 Å². The Bertz CT molecular complexity index is 269. The van der Waals surface area contributed by atoms with Crippen molar-refractivity contribution < 1.29 is 4.39 Å². The van der Waals surface area contributed by atoms with Crippen LogP contribution in [0.25, 0.3) is 0 Å². The molecular formula is C9H10BrF. The Balaban J connectivity index is 3.29. The lowest BCUT2D eigenvalue weighted by Gasteiger charge is -2.05. The molecule has 0 nitrogen and oxygen atoms in total. The van der Waals surface area contributed by atoms with Gasteiger partial charge in [0.1, 0.15) is 5.82 Å². The van der Waals surface area contributed by atoms with E-state index in [1.807, 2.05) is 6.92 Å². The zero-order valence-corrected chi connectivity index (χ0v) is 8.20. The van der Waals surface area contributed by atoms with Crippen LogP contribution < -0.4 is 0 Å². The van der Waals surface area contributed by atoms with Crippen LogP contribution in [0.15, 0.2) is 16.6 Å². The number of halogens is 2. The van der Waals surface area contributed by atoms with Gasteiger partial charge in [-0.2, -0.15) is 0 Å². The highest BCUT2D eigenvalue weighted by Gasteiger charge is 2.05.